The Labute approximate surface area is 125 Å². The number of para-hydroxylation sites is 1. The number of hydrogen-bond acceptors (Lipinski definition) is 3. The van der Waals surface area contributed by atoms with Crippen LogP contribution in [-0.2, 0) is 5.41 Å². The Hall–Kier alpha value is -1.55. The highest BCUT2D eigenvalue weighted by Gasteiger charge is 2.57. The minimum atomic E-state index is -0.383. The summed E-state index contributed by atoms with van der Waals surface area (Å²) in [4.78, 5) is 14.1. The van der Waals surface area contributed by atoms with Crippen molar-refractivity contribution in [3.05, 3.63) is 29.3 Å². The molecule has 4 nitrogen and oxygen atoms in total. The first-order valence-corrected chi connectivity index (χ1v) is 7.91. The summed E-state index contributed by atoms with van der Waals surface area (Å²) < 4.78 is 6.28. The number of primary amides is 1. The molecule has 1 amide bonds. The molecule has 2 fully saturated rings. The summed E-state index contributed by atoms with van der Waals surface area (Å²) in [5.74, 6) is 1.01. The van der Waals surface area contributed by atoms with Crippen molar-refractivity contribution in [3.8, 4) is 5.75 Å². The van der Waals surface area contributed by atoms with Gasteiger partial charge in [-0.15, -0.1) is 0 Å². The summed E-state index contributed by atoms with van der Waals surface area (Å²) in [6.07, 6.45) is 4.90. The molecule has 2 heterocycles. The average molecular weight is 286 g/mol. The Balaban J connectivity index is 1.87. The summed E-state index contributed by atoms with van der Waals surface area (Å²) in [7, 11) is 2.20. The molecule has 1 unspecified atom stereocenters. The minimum absolute atomic E-state index is 0.103. The van der Waals surface area contributed by atoms with Gasteiger partial charge in [-0.2, -0.15) is 0 Å². The molecule has 2 N–H and O–H groups in total. The van der Waals surface area contributed by atoms with Crippen LogP contribution in [0, 0.1) is 5.92 Å². The highest BCUT2D eigenvalue weighted by atomic mass is 16.5. The van der Waals surface area contributed by atoms with Gasteiger partial charge in [0.05, 0.1) is 5.56 Å². The SMILES string of the molecule is CN1CC[C@]23c4cccc(C(N)=O)c4OC2CCC[C@H]3C1. The fraction of sp³-hybridized carbons (Fsp3) is 0.588. The Morgan fingerprint density at radius 2 is 2.29 bits per heavy atom. The summed E-state index contributed by atoms with van der Waals surface area (Å²) >= 11 is 0. The third kappa shape index (κ3) is 1.68. The molecule has 1 saturated heterocycles. The third-order valence-electron chi connectivity index (χ3n) is 5.80. The summed E-state index contributed by atoms with van der Waals surface area (Å²) in [6.45, 7) is 2.22. The van der Waals surface area contributed by atoms with Gasteiger partial charge < -0.3 is 15.4 Å². The Kier molecular flexibility index (Phi) is 2.80. The predicted molar refractivity (Wildman–Crippen MR) is 80.5 cm³/mol. The Morgan fingerprint density at radius 3 is 3.10 bits per heavy atom. The van der Waals surface area contributed by atoms with Crippen LogP contribution >= 0.6 is 0 Å². The molecular weight excluding hydrogens is 264 g/mol. The van der Waals surface area contributed by atoms with E-state index < -0.39 is 0 Å². The molecule has 1 saturated carbocycles. The second kappa shape index (κ2) is 4.47. The van der Waals surface area contributed by atoms with Gasteiger partial charge in [0.1, 0.15) is 11.9 Å². The lowest BCUT2D eigenvalue weighted by molar-refractivity contribution is 0.000146. The van der Waals surface area contributed by atoms with E-state index in [2.05, 4.69) is 18.0 Å². The average Bonchev–Trinajstić information content (AvgIpc) is 2.80. The fourth-order valence-electron chi connectivity index (χ4n) is 4.85. The number of carbonyl (C=O) groups excluding carboxylic acids is 1. The van der Waals surface area contributed by atoms with E-state index in [-0.39, 0.29) is 17.4 Å². The molecule has 1 aromatic rings. The number of nitrogens with zero attached hydrogens (tertiary/aromatic N) is 1. The number of piperidine rings is 1. The second-order valence-electron chi connectivity index (χ2n) is 6.83. The van der Waals surface area contributed by atoms with Crippen molar-refractivity contribution in [2.45, 2.75) is 37.2 Å². The number of benzene rings is 1. The largest absolute Gasteiger partial charge is 0.488 e. The molecule has 1 aromatic carbocycles. The van der Waals surface area contributed by atoms with Gasteiger partial charge in [-0.25, -0.2) is 0 Å². The summed E-state index contributed by atoms with van der Waals surface area (Å²) in [6, 6.07) is 5.91. The molecular formula is C17H22N2O2. The van der Waals surface area contributed by atoms with Gasteiger partial charge in [0.2, 0.25) is 0 Å². The molecule has 2 aliphatic heterocycles. The number of amides is 1. The lowest BCUT2D eigenvalue weighted by Gasteiger charge is -2.50. The molecule has 1 spiro atoms. The minimum Gasteiger partial charge on any atom is -0.488 e. The van der Waals surface area contributed by atoms with Crippen LogP contribution in [0.5, 0.6) is 5.75 Å². The summed E-state index contributed by atoms with van der Waals surface area (Å²) in [5, 5.41) is 0. The third-order valence-corrected chi connectivity index (χ3v) is 5.80. The lowest BCUT2D eigenvalue weighted by Crippen LogP contribution is -2.55. The summed E-state index contributed by atoms with van der Waals surface area (Å²) in [5.41, 5.74) is 7.43. The van der Waals surface area contributed by atoms with Crippen molar-refractivity contribution in [3.63, 3.8) is 0 Å². The van der Waals surface area contributed by atoms with Crippen LogP contribution in [0.15, 0.2) is 18.2 Å². The zero-order chi connectivity index (χ0) is 14.6. The zero-order valence-electron chi connectivity index (χ0n) is 12.5. The van der Waals surface area contributed by atoms with Crippen molar-refractivity contribution in [2.24, 2.45) is 11.7 Å². The van der Waals surface area contributed by atoms with E-state index >= 15 is 0 Å². The Morgan fingerprint density at radius 1 is 1.43 bits per heavy atom. The molecule has 21 heavy (non-hydrogen) atoms. The quantitative estimate of drug-likeness (QED) is 0.858. The fourth-order valence-corrected chi connectivity index (χ4v) is 4.85. The maximum atomic E-state index is 11.7. The molecule has 0 aromatic heterocycles. The molecule has 3 aliphatic rings. The van der Waals surface area contributed by atoms with Crippen LogP contribution in [0.3, 0.4) is 0 Å². The van der Waals surface area contributed by atoms with Crippen LogP contribution < -0.4 is 10.5 Å². The van der Waals surface area contributed by atoms with Gasteiger partial charge >= 0.3 is 0 Å². The van der Waals surface area contributed by atoms with Gasteiger partial charge in [0.15, 0.2) is 0 Å². The monoisotopic (exact) mass is 286 g/mol. The van der Waals surface area contributed by atoms with Crippen molar-refractivity contribution in [2.75, 3.05) is 20.1 Å². The van der Waals surface area contributed by atoms with Crippen LogP contribution in [0.2, 0.25) is 0 Å². The second-order valence-corrected chi connectivity index (χ2v) is 6.83. The Bertz CT molecular complexity index is 600. The van der Waals surface area contributed by atoms with E-state index in [1.807, 2.05) is 6.07 Å². The number of carbonyl (C=O) groups is 1. The standard InChI is InChI=1S/C17H22N2O2/c1-19-9-8-17-11(10-19)4-2-7-14(17)21-15-12(16(18)20)5-3-6-13(15)17/h3,5-6,11,14H,2,4,7-10H2,1H3,(H2,18,20)/t11-,14?,17-/m0/s1. The molecule has 4 heteroatoms. The molecule has 4 rings (SSSR count). The zero-order valence-corrected chi connectivity index (χ0v) is 12.5. The van der Waals surface area contributed by atoms with Crippen LogP contribution in [-0.4, -0.2) is 37.0 Å². The number of nitrogens with two attached hydrogens (primary N) is 1. The van der Waals surface area contributed by atoms with Gasteiger partial charge in [0, 0.05) is 17.5 Å². The number of hydrogen-bond donors (Lipinski definition) is 1. The first kappa shape index (κ1) is 13.1. The highest BCUT2D eigenvalue weighted by molar-refractivity contribution is 5.96. The van der Waals surface area contributed by atoms with E-state index in [1.54, 1.807) is 6.07 Å². The first-order chi connectivity index (χ1) is 10.1. The molecule has 1 aliphatic carbocycles. The maximum absolute atomic E-state index is 11.7. The van der Waals surface area contributed by atoms with E-state index in [0.717, 1.165) is 31.7 Å². The number of rotatable bonds is 1. The van der Waals surface area contributed by atoms with Crippen LogP contribution in [0.25, 0.3) is 0 Å². The van der Waals surface area contributed by atoms with Gasteiger partial charge in [-0.05, 0) is 51.3 Å². The van der Waals surface area contributed by atoms with Crippen molar-refractivity contribution >= 4 is 5.91 Å². The molecule has 0 bridgehead atoms. The lowest BCUT2D eigenvalue weighted by atomic mass is 9.58. The van der Waals surface area contributed by atoms with E-state index in [9.17, 15) is 4.79 Å². The van der Waals surface area contributed by atoms with E-state index in [0.29, 0.717) is 11.5 Å². The number of ether oxygens (including phenoxy) is 1. The van der Waals surface area contributed by atoms with Crippen molar-refractivity contribution in [1.29, 1.82) is 0 Å². The number of fused-ring (bicyclic) bond motifs is 1. The van der Waals surface area contributed by atoms with Crippen LogP contribution in [0.4, 0.5) is 0 Å². The molecule has 3 atom stereocenters. The van der Waals surface area contributed by atoms with Gasteiger partial charge in [0.25, 0.3) is 5.91 Å². The van der Waals surface area contributed by atoms with E-state index in [1.165, 1.54) is 18.4 Å². The molecule has 0 radical (unpaired) electrons. The molecule has 112 valence electrons. The van der Waals surface area contributed by atoms with Crippen molar-refractivity contribution in [1.82, 2.24) is 4.90 Å². The van der Waals surface area contributed by atoms with Gasteiger partial charge in [-0.1, -0.05) is 12.1 Å². The smallest absolute Gasteiger partial charge is 0.252 e. The normalized spacial score (nSPS) is 34.5. The predicted octanol–water partition coefficient (Wildman–Crippen LogP) is 1.92. The maximum Gasteiger partial charge on any atom is 0.252 e. The van der Waals surface area contributed by atoms with Gasteiger partial charge in [-0.3, -0.25) is 4.79 Å². The van der Waals surface area contributed by atoms with Crippen molar-refractivity contribution < 1.29 is 9.53 Å². The highest BCUT2D eigenvalue weighted by Crippen LogP contribution is 2.57. The van der Waals surface area contributed by atoms with E-state index in [4.69, 9.17) is 10.5 Å². The van der Waals surface area contributed by atoms with Crippen LogP contribution in [0.1, 0.15) is 41.6 Å². The number of likely N-dealkylation sites (tertiary alicyclic amines) is 1. The topological polar surface area (TPSA) is 55.6 Å². The first-order valence-electron chi connectivity index (χ1n) is 7.91.